The van der Waals surface area contributed by atoms with Crippen LogP contribution < -0.4 is 5.32 Å². The second kappa shape index (κ2) is 4.32. The van der Waals surface area contributed by atoms with E-state index in [1.54, 1.807) is 24.5 Å². The number of amides is 1. The van der Waals surface area contributed by atoms with E-state index in [9.17, 15) is 4.79 Å². The van der Waals surface area contributed by atoms with E-state index in [-0.39, 0.29) is 5.91 Å². The molecule has 2 rings (SSSR count). The van der Waals surface area contributed by atoms with Crippen molar-refractivity contribution in [3.8, 4) is 0 Å². The van der Waals surface area contributed by atoms with Crippen molar-refractivity contribution in [3.05, 3.63) is 36.4 Å². The Morgan fingerprint density at radius 3 is 2.87 bits per heavy atom. The van der Waals surface area contributed by atoms with Crippen LogP contribution in [0.5, 0.6) is 0 Å². The number of rotatable bonds is 3. The Bertz CT molecular complexity index is 425. The summed E-state index contributed by atoms with van der Waals surface area (Å²) in [5.41, 5.74) is 0.905. The number of aromatic nitrogens is 4. The maximum atomic E-state index is 11.5. The van der Waals surface area contributed by atoms with E-state index in [1.807, 2.05) is 0 Å². The number of nitrogens with one attached hydrogen (secondary N) is 2. The maximum absolute atomic E-state index is 11.5. The maximum Gasteiger partial charge on any atom is 0.231 e. The molecule has 0 aliphatic heterocycles. The SMILES string of the molecule is O=C(Cc1ccncc1)Nc1ncn[nH]1. The Labute approximate surface area is 85.8 Å². The first-order valence-electron chi connectivity index (χ1n) is 4.39. The van der Waals surface area contributed by atoms with Gasteiger partial charge in [-0.15, -0.1) is 0 Å². The highest BCUT2D eigenvalue weighted by atomic mass is 16.1. The van der Waals surface area contributed by atoms with Crippen LogP contribution in [0.4, 0.5) is 5.95 Å². The van der Waals surface area contributed by atoms with Crippen LogP contribution in [0.15, 0.2) is 30.9 Å². The number of hydrogen-bond acceptors (Lipinski definition) is 4. The molecule has 15 heavy (non-hydrogen) atoms. The zero-order valence-electron chi connectivity index (χ0n) is 7.84. The van der Waals surface area contributed by atoms with Gasteiger partial charge in [0.25, 0.3) is 0 Å². The molecule has 0 saturated heterocycles. The summed E-state index contributed by atoms with van der Waals surface area (Å²) in [7, 11) is 0. The average Bonchev–Trinajstić information content (AvgIpc) is 2.71. The van der Waals surface area contributed by atoms with Crippen molar-refractivity contribution >= 4 is 11.9 Å². The van der Waals surface area contributed by atoms with Gasteiger partial charge in [0.2, 0.25) is 11.9 Å². The zero-order chi connectivity index (χ0) is 10.5. The Kier molecular flexibility index (Phi) is 2.68. The lowest BCUT2D eigenvalue weighted by Crippen LogP contribution is -2.15. The normalized spacial score (nSPS) is 9.87. The van der Waals surface area contributed by atoms with Crippen LogP contribution in [0, 0.1) is 0 Å². The van der Waals surface area contributed by atoms with E-state index in [2.05, 4.69) is 25.5 Å². The first-order valence-corrected chi connectivity index (χ1v) is 4.39. The molecule has 0 radical (unpaired) electrons. The zero-order valence-corrected chi connectivity index (χ0v) is 7.84. The van der Waals surface area contributed by atoms with E-state index in [1.165, 1.54) is 6.33 Å². The molecule has 1 amide bonds. The Morgan fingerprint density at radius 2 is 2.20 bits per heavy atom. The van der Waals surface area contributed by atoms with Gasteiger partial charge in [-0.25, -0.2) is 5.10 Å². The molecule has 0 spiro atoms. The second-order valence-electron chi connectivity index (χ2n) is 2.91. The molecular formula is C9H9N5O. The molecule has 0 unspecified atom stereocenters. The predicted molar refractivity (Wildman–Crippen MR) is 53.0 cm³/mol. The molecule has 6 heteroatoms. The van der Waals surface area contributed by atoms with E-state index in [0.29, 0.717) is 12.4 Å². The van der Waals surface area contributed by atoms with Gasteiger partial charge >= 0.3 is 0 Å². The van der Waals surface area contributed by atoms with Crippen molar-refractivity contribution in [2.75, 3.05) is 5.32 Å². The summed E-state index contributed by atoms with van der Waals surface area (Å²) in [4.78, 5) is 19.1. The van der Waals surface area contributed by atoms with E-state index in [0.717, 1.165) is 5.56 Å². The first kappa shape index (κ1) is 9.32. The number of pyridine rings is 1. The molecule has 0 saturated carbocycles. The number of H-pyrrole nitrogens is 1. The third-order valence-electron chi connectivity index (χ3n) is 1.79. The van der Waals surface area contributed by atoms with Gasteiger partial charge < -0.3 is 0 Å². The first-order chi connectivity index (χ1) is 7.34. The number of carbonyl (C=O) groups excluding carboxylic acids is 1. The lowest BCUT2D eigenvalue weighted by Gasteiger charge is -2.00. The molecule has 6 nitrogen and oxygen atoms in total. The number of hydrogen-bond donors (Lipinski definition) is 2. The van der Waals surface area contributed by atoms with Crippen molar-refractivity contribution < 1.29 is 4.79 Å². The fraction of sp³-hybridized carbons (Fsp3) is 0.111. The quantitative estimate of drug-likeness (QED) is 0.755. The third-order valence-corrected chi connectivity index (χ3v) is 1.79. The molecule has 2 heterocycles. The monoisotopic (exact) mass is 203 g/mol. The minimum atomic E-state index is -0.141. The van der Waals surface area contributed by atoms with Crippen molar-refractivity contribution in [1.29, 1.82) is 0 Å². The largest absolute Gasteiger partial charge is 0.295 e. The topological polar surface area (TPSA) is 83.6 Å². The smallest absolute Gasteiger partial charge is 0.231 e. The molecule has 2 aromatic heterocycles. The molecule has 0 aromatic carbocycles. The van der Waals surface area contributed by atoms with E-state index in [4.69, 9.17) is 0 Å². The molecule has 2 aromatic rings. The lowest BCUT2D eigenvalue weighted by molar-refractivity contribution is -0.115. The van der Waals surface area contributed by atoms with E-state index >= 15 is 0 Å². The van der Waals surface area contributed by atoms with Gasteiger partial charge in [-0.05, 0) is 17.7 Å². The van der Waals surface area contributed by atoms with Crippen LogP contribution in [0.3, 0.4) is 0 Å². The number of aromatic amines is 1. The number of carbonyl (C=O) groups is 1. The van der Waals surface area contributed by atoms with Crippen LogP contribution >= 0.6 is 0 Å². The highest BCUT2D eigenvalue weighted by Gasteiger charge is 2.04. The van der Waals surface area contributed by atoms with Crippen LogP contribution in [-0.2, 0) is 11.2 Å². The summed E-state index contributed by atoms with van der Waals surface area (Å²) in [6.45, 7) is 0. The van der Waals surface area contributed by atoms with Gasteiger partial charge in [0.15, 0.2) is 0 Å². The fourth-order valence-electron chi connectivity index (χ4n) is 1.13. The molecular weight excluding hydrogens is 194 g/mol. The molecule has 0 bridgehead atoms. The fourth-order valence-corrected chi connectivity index (χ4v) is 1.13. The van der Waals surface area contributed by atoms with E-state index < -0.39 is 0 Å². The predicted octanol–water partition coefficient (Wildman–Crippen LogP) is 0.381. The lowest BCUT2D eigenvalue weighted by atomic mass is 10.2. The molecule has 0 aliphatic rings. The Balaban J connectivity index is 1.94. The van der Waals surface area contributed by atoms with Gasteiger partial charge in [0, 0.05) is 12.4 Å². The minimum absolute atomic E-state index is 0.141. The summed E-state index contributed by atoms with van der Waals surface area (Å²) >= 11 is 0. The molecule has 0 aliphatic carbocycles. The summed E-state index contributed by atoms with van der Waals surface area (Å²) < 4.78 is 0. The molecule has 2 N–H and O–H groups in total. The number of anilines is 1. The van der Waals surface area contributed by atoms with Crippen LogP contribution in [0.1, 0.15) is 5.56 Å². The van der Waals surface area contributed by atoms with Gasteiger partial charge in [-0.1, -0.05) is 0 Å². The van der Waals surface area contributed by atoms with Gasteiger partial charge in [0.1, 0.15) is 6.33 Å². The second-order valence-corrected chi connectivity index (χ2v) is 2.91. The van der Waals surface area contributed by atoms with Crippen molar-refractivity contribution in [2.24, 2.45) is 0 Å². The summed E-state index contributed by atoms with van der Waals surface area (Å²) in [6, 6.07) is 3.58. The van der Waals surface area contributed by atoms with Crippen LogP contribution in [-0.4, -0.2) is 26.1 Å². The number of nitrogens with zero attached hydrogens (tertiary/aromatic N) is 3. The minimum Gasteiger partial charge on any atom is -0.295 e. The Morgan fingerprint density at radius 1 is 1.40 bits per heavy atom. The van der Waals surface area contributed by atoms with Crippen molar-refractivity contribution in [1.82, 2.24) is 20.2 Å². The van der Waals surface area contributed by atoms with Gasteiger partial charge in [0.05, 0.1) is 6.42 Å². The molecule has 76 valence electrons. The average molecular weight is 203 g/mol. The van der Waals surface area contributed by atoms with Gasteiger partial charge in [-0.3, -0.25) is 15.1 Å². The molecule has 0 atom stereocenters. The summed E-state index contributed by atoms with van der Waals surface area (Å²) in [6.07, 6.45) is 4.93. The van der Waals surface area contributed by atoms with Crippen molar-refractivity contribution in [3.63, 3.8) is 0 Å². The van der Waals surface area contributed by atoms with Crippen molar-refractivity contribution in [2.45, 2.75) is 6.42 Å². The third kappa shape index (κ3) is 2.60. The van der Waals surface area contributed by atoms with Crippen LogP contribution in [0.25, 0.3) is 0 Å². The van der Waals surface area contributed by atoms with Crippen LogP contribution in [0.2, 0.25) is 0 Å². The molecule has 0 fully saturated rings. The summed E-state index contributed by atoms with van der Waals surface area (Å²) in [5, 5.41) is 8.75. The highest BCUT2D eigenvalue weighted by Crippen LogP contribution is 2.00. The Hall–Kier alpha value is -2.24. The standard InChI is InChI=1S/C9H9N5O/c15-8(13-9-11-6-12-14-9)5-7-1-3-10-4-2-7/h1-4,6H,5H2,(H2,11,12,13,14,15). The summed E-state index contributed by atoms with van der Waals surface area (Å²) in [5.74, 6) is 0.215. The highest BCUT2D eigenvalue weighted by molar-refractivity contribution is 5.90. The van der Waals surface area contributed by atoms with Gasteiger partial charge in [-0.2, -0.15) is 10.1 Å².